The summed E-state index contributed by atoms with van der Waals surface area (Å²) in [6.45, 7) is 2.66. The Hall–Kier alpha value is -3.09. The molecule has 0 atom stereocenters. The van der Waals surface area contributed by atoms with E-state index in [0.29, 0.717) is 17.9 Å². The highest BCUT2D eigenvalue weighted by atomic mass is 16.7. The molecule has 0 amide bonds. The fourth-order valence-electron chi connectivity index (χ4n) is 3.02. The summed E-state index contributed by atoms with van der Waals surface area (Å²) in [5.74, 6) is 1.44. The maximum atomic E-state index is 11.0. The number of aryl methyl sites for hydroxylation is 1. The van der Waals surface area contributed by atoms with Crippen LogP contribution in [0.3, 0.4) is 0 Å². The van der Waals surface area contributed by atoms with E-state index in [2.05, 4.69) is 10.5 Å². The van der Waals surface area contributed by atoms with E-state index in [1.165, 1.54) is 6.07 Å². The Labute approximate surface area is 138 Å². The van der Waals surface area contributed by atoms with Gasteiger partial charge in [-0.3, -0.25) is 10.1 Å². The molecule has 0 unspecified atom stereocenters. The van der Waals surface area contributed by atoms with E-state index in [4.69, 9.17) is 9.47 Å². The van der Waals surface area contributed by atoms with Crippen molar-refractivity contribution in [3.8, 4) is 11.5 Å². The van der Waals surface area contributed by atoms with Gasteiger partial charge in [-0.1, -0.05) is 0 Å². The molecule has 0 spiro atoms. The second kappa shape index (κ2) is 5.52. The van der Waals surface area contributed by atoms with Gasteiger partial charge in [-0.15, -0.1) is 0 Å². The highest BCUT2D eigenvalue weighted by molar-refractivity contribution is 6.14. The van der Waals surface area contributed by atoms with Gasteiger partial charge in [0.25, 0.3) is 5.69 Å². The zero-order chi connectivity index (χ0) is 16.7. The number of nitro benzene ring substituents is 1. The maximum absolute atomic E-state index is 11.0. The zero-order valence-corrected chi connectivity index (χ0v) is 13.0. The molecular weight excluding hydrogens is 310 g/mol. The molecule has 24 heavy (non-hydrogen) atoms. The lowest BCUT2D eigenvalue weighted by molar-refractivity contribution is -0.385. The Morgan fingerprint density at radius 3 is 2.75 bits per heavy atom. The van der Waals surface area contributed by atoms with Gasteiger partial charge in [-0.05, 0) is 43.2 Å². The predicted octanol–water partition coefficient (Wildman–Crippen LogP) is 2.53. The maximum Gasteiger partial charge on any atom is 0.272 e. The Morgan fingerprint density at radius 1 is 1.21 bits per heavy atom. The van der Waals surface area contributed by atoms with Crippen LogP contribution in [0.4, 0.5) is 5.69 Å². The molecule has 4 rings (SSSR count). The topological polar surface area (TPSA) is 86.0 Å². The van der Waals surface area contributed by atoms with Crippen LogP contribution in [-0.2, 0) is 6.42 Å². The summed E-state index contributed by atoms with van der Waals surface area (Å²) in [6, 6.07) is 8.95. The second-order valence-electron chi connectivity index (χ2n) is 5.74. The van der Waals surface area contributed by atoms with Crippen LogP contribution in [0.2, 0.25) is 0 Å². The normalized spacial score (nSPS) is 15.1. The van der Waals surface area contributed by atoms with Crippen molar-refractivity contribution in [1.29, 1.82) is 0 Å². The lowest BCUT2D eigenvalue weighted by Crippen LogP contribution is -2.10. The van der Waals surface area contributed by atoms with Crippen LogP contribution < -0.4 is 14.9 Å². The van der Waals surface area contributed by atoms with Crippen LogP contribution in [-0.4, -0.2) is 24.0 Å². The molecule has 2 heterocycles. The number of nitrogens with one attached hydrogen (secondary N) is 1. The van der Waals surface area contributed by atoms with E-state index < -0.39 is 0 Å². The summed E-state index contributed by atoms with van der Waals surface area (Å²) < 4.78 is 10.9. The molecule has 7 nitrogen and oxygen atoms in total. The molecule has 7 heteroatoms. The van der Waals surface area contributed by atoms with Gasteiger partial charge >= 0.3 is 0 Å². The molecule has 0 saturated heterocycles. The van der Waals surface area contributed by atoms with E-state index in [1.807, 2.05) is 12.1 Å². The van der Waals surface area contributed by atoms with Crippen molar-refractivity contribution in [3.63, 3.8) is 0 Å². The number of nitro groups is 1. The van der Waals surface area contributed by atoms with Gasteiger partial charge in [0, 0.05) is 29.3 Å². The molecule has 0 aliphatic carbocycles. The molecule has 2 aromatic carbocycles. The third-order valence-corrected chi connectivity index (χ3v) is 4.22. The Bertz CT molecular complexity index is 876. The van der Waals surface area contributed by atoms with Crippen molar-refractivity contribution in [2.75, 3.05) is 13.3 Å². The number of hydrogen-bond donors (Lipinski definition) is 1. The summed E-state index contributed by atoms with van der Waals surface area (Å²) in [6.07, 6.45) is 0.810. The summed E-state index contributed by atoms with van der Waals surface area (Å²) in [5, 5.41) is 15.5. The fourth-order valence-corrected chi connectivity index (χ4v) is 3.02. The number of hydrogen-bond acceptors (Lipinski definition) is 6. The number of ether oxygens (including phenoxy) is 2. The van der Waals surface area contributed by atoms with E-state index in [1.54, 1.807) is 19.1 Å². The van der Waals surface area contributed by atoms with Crippen molar-refractivity contribution in [1.82, 2.24) is 5.43 Å². The molecular formula is C17H15N3O4. The van der Waals surface area contributed by atoms with Crippen molar-refractivity contribution >= 4 is 11.4 Å². The quantitative estimate of drug-likeness (QED) is 0.677. The lowest BCUT2D eigenvalue weighted by Gasteiger charge is -2.11. The lowest BCUT2D eigenvalue weighted by atomic mass is 9.94. The van der Waals surface area contributed by atoms with Gasteiger partial charge < -0.3 is 14.9 Å². The van der Waals surface area contributed by atoms with Crippen molar-refractivity contribution in [3.05, 3.63) is 62.7 Å². The summed E-state index contributed by atoms with van der Waals surface area (Å²) in [5.41, 5.74) is 7.40. The van der Waals surface area contributed by atoms with Gasteiger partial charge in [-0.2, -0.15) is 5.10 Å². The van der Waals surface area contributed by atoms with Crippen molar-refractivity contribution < 1.29 is 14.4 Å². The zero-order valence-electron chi connectivity index (χ0n) is 13.0. The van der Waals surface area contributed by atoms with Crippen LogP contribution in [0.5, 0.6) is 11.5 Å². The number of nitrogens with zero attached hydrogens (tertiary/aromatic N) is 2. The number of hydrazone groups is 1. The monoisotopic (exact) mass is 325 g/mol. The molecule has 2 aromatic rings. The largest absolute Gasteiger partial charge is 0.454 e. The molecule has 0 fully saturated rings. The molecule has 0 radical (unpaired) electrons. The summed E-state index contributed by atoms with van der Waals surface area (Å²) in [4.78, 5) is 10.6. The number of benzene rings is 2. The molecule has 0 bridgehead atoms. The van der Waals surface area contributed by atoms with E-state index in [9.17, 15) is 10.1 Å². The molecule has 1 N–H and O–H groups in total. The summed E-state index contributed by atoms with van der Waals surface area (Å²) in [7, 11) is 0. The van der Waals surface area contributed by atoms with E-state index in [0.717, 1.165) is 34.6 Å². The van der Waals surface area contributed by atoms with Gasteiger partial charge in [0.05, 0.1) is 10.6 Å². The highest BCUT2D eigenvalue weighted by Crippen LogP contribution is 2.36. The fraction of sp³-hybridized carbons (Fsp3) is 0.235. The Balaban J connectivity index is 1.83. The van der Waals surface area contributed by atoms with Crippen LogP contribution in [0.1, 0.15) is 22.3 Å². The predicted molar refractivity (Wildman–Crippen MR) is 87.7 cm³/mol. The first-order chi connectivity index (χ1) is 11.6. The van der Waals surface area contributed by atoms with Gasteiger partial charge in [0.15, 0.2) is 11.5 Å². The Kier molecular flexibility index (Phi) is 3.34. The van der Waals surface area contributed by atoms with E-state index >= 15 is 0 Å². The van der Waals surface area contributed by atoms with Crippen LogP contribution in [0.15, 0.2) is 35.4 Å². The van der Waals surface area contributed by atoms with Crippen LogP contribution in [0, 0.1) is 17.0 Å². The van der Waals surface area contributed by atoms with Gasteiger partial charge in [0.1, 0.15) is 0 Å². The smallest absolute Gasteiger partial charge is 0.272 e. The number of rotatable bonds is 2. The van der Waals surface area contributed by atoms with Gasteiger partial charge in [-0.25, -0.2) is 0 Å². The molecule has 2 aliphatic heterocycles. The first-order valence-electron chi connectivity index (χ1n) is 7.62. The molecule has 0 aromatic heterocycles. The molecule has 0 saturated carbocycles. The Morgan fingerprint density at radius 2 is 2.00 bits per heavy atom. The standard InChI is InChI=1S/C17H15N3O4/c1-10-6-12(2-3-14(10)20(21)22)17-13-8-16-15(23-9-24-16)7-11(13)4-5-18-19-17/h2-3,6-8,18H,4-5,9H2,1H3. The minimum atomic E-state index is -0.377. The first-order valence-corrected chi connectivity index (χ1v) is 7.62. The third-order valence-electron chi connectivity index (χ3n) is 4.22. The van der Waals surface area contributed by atoms with Crippen LogP contribution >= 0.6 is 0 Å². The second-order valence-corrected chi connectivity index (χ2v) is 5.74. The van der Waals surface area contributed by atoms with Gasteiger partial charge in [0.2, 0.25) is 6.79 Å². The number of fused-ring (bicyclic) bond motifs is 2. The molecule has 2 aliphatic rings. The van der Waals surface area contributed by atoms with Crippen molar-refractivity contribution in [2.24, 2.45) is 5.10 Å². The average Bonchev–Trinajstić information content (AvgIpc) is 2.91. The highest BCUT2D eigenvalue weighted by Gasteiger charge is 2.23. The minimum Gasteiger partial charge on any atom is -0.454 e. The first kappa shape index (κ1) is 14.5. The SMILES string of the molecule is Cc1cc(C2=NNCCc3cc4c(cc32)OCO4)ccc1[N+](=O)[O-]. The third kappa shape index (κ3) is 2.34. The van der Waals surface area contributed by atoms with E-state index in [-0.39, 0.29) is 17.4 Å². The summed E-state index contributed by atoms with van der Waals surface area (Å²) >= 11 is 0. The molecule has 122 valence electrons. The van der Waals surface area contributed by atoms with Crippen LogP contribution in [0.25, 0.3) is 0 Å². The average molecular weight is 325 g/mol. The van der Waals surface area contributed by atoms with Crippen molar-refractivity contribution in [2.45, 2.75) is 13.3 Å². The minimum absolute atomic E-state index is 0.104.